The highest BCUT2D eigenvalue weighted by atomic mass is 16.5. The zero-order chi connectivity index (χ0) is 16.8. The molecule has 3 aromatic rings. The van der Waals surface area contributed by atoms with Gasteiger partial charge in [-0.05, 0) is 17.2 Å². The summed E-state index contributed by atoms with van der Waals surface area (Å²) in [6, 6.07) is 18.7. The molecule has 0 aliphatic carbocycles. The van der Waals surface area contributed by atoms with Crippen molar-refractivity contribution in [1.29, 1.82) is 0 Å². The number of aliphatic imine (C=N–C) groups is 1. The van der Waals surface area contributed by atoms with Crippen LogP contribution in [-0.4, -0.2) is 24.5 Å². The molecular formula is C21H22N2O. The molecule has 3 heteroatoms. The summed E-state index contributed by atoms with van der Waals surface area (Å²) in [5, 5.41) is 1.21. The van der Waals surface area contributed by atoms with Crippen LogP contribution < -0.4 is 0 Å². The van der Waals surface area contributed by atoms with Gasteiger partial charge in [0.05, 0.1) is 13.2 Å². The van der Waals surface area contributed by atoms with E-state index in [1.54, 1.807) is 7.11 Å². The summed E-state index contributed by atoms with van der Waals surface area (Å²) in [5.74, 6) is 0. The Hall–Kier alpha value is -2.65. The maximum absolute atomic E-state index is 5.17. The normalized spacial score (nSPS) is 11.4. The van der Waals surface area contributed by atoms with Crippen molar-refractivity contribution in [3.8, 4) is 0 Å². The lowest BCUT2D eigenvalue weighted by atomic mass is 10.2. The average molecular weight is 318 g/mol. The fourth-order valence-electron chi connectivity index (χ4n) is 2.83. The highest BCUT2D eigenvalue weighted by molar-refractivity contribution is 5.99. The van der Waals surface area contributed by atoms with Crippen LogP contribution in [0.25, 0.3) is 10.9 Å². The second kappa shape index (κ2) is 7.75. The summed E-state index contributed by atoms with van der Waals surface area (Å²) >= 11 is 0. The standard InChI is InChI=1S/C21H22N2O/c1-17(16-24-2)14-23-15-19(20-10-6-7-11-21(20)23)13-22-12-18-8-4-3-5-9-18/h3-11,13,15H,1,12,14,16H2,2H3. The molecule has 24 heavy (non-hydrogen) atoms. The fourth-order valence-corrected chi connectivity index (χ4v) is 2.83. The predicted octanol–water partition coefficient (Wildman–Crippen LogP) is 4.46. The van der Waals surface area contributed by atoms with Crippen molar-refractivity contribution in [3.63, 3.8) is 0 Å². The van der Waals surface area contributed by atoms with Crippen LogP contribution in [0, 0.1) is 0 Å². The molecule has 1 heterocycles. The molecule has 0 saturated heterocycles. The lowest BCUT2D eigenvalue weighted by Crippen LogP contribution is -2.03. The molecule has 0 unspecified atom stereocenters. The minimum absolute atomic E-state index is 0.573. The quantitative estimate of drug-likeness (QED) is 0.466. The second-order valence-corrected chi connectivity index (χ2v) is 5.87. The Morgan fingerprint density at radius 2 is 1.88 bits per heavy atom. The molecular weight excluding hydrogens is 296 g/mol. The van der Waals surface area contributed by atoms with E-state index < -0.39 is 0 Å². The first-order valence-corrected chi connectivity index (χ1v) is 8.05. The molecule has 0 fully saturated rings. The molecule has 122 valence electrons. The van der Waals surface area contributed by atoms with Crippen LogP contribution in [0.1, 0.15) is 11.1 Å². The number of methoxy groups -OCH3 is 1. The third-order valence-electron chi connectivity index (χ3n) is 3.91. The van der Waals surface area contributed by atoms with Crippen LogP contribution >= 0.6 is 0 Å². The third kappa shape index (κ3) is 3.81. The number of ether oxygens (including phenoxy) is 1. The van der Waals surface area contributed by atoms with Crippen molar-refractivity contribution in [1.82, 2.24) is 4.57 Å². The first-order chi connectivity index (χ1) is 11.8. The molecule has 3 rings (SSSR count). The average Bonchev–Trinajstić information content (AvgIpc) is 2.94. The van der Waals surface area contributed by atoms with E-state index in [9.17, 15) is 0 Å². The number of para-hydroxylation sites is 1. The molecule has 0 amide bonds. The zero-order valence-electron chi connectivity index (χ0n) is 14.0. The summed E-state index contributed by atoms with van der Waals surface area (Å²) in [6.45, 7) is 6.09. The molecule has 0 aliphatic heterocycles. The number of fused-ring (bicyclic) bond motifs is 1. The van der Waals surface area contributed by atoms with Crippen LogP contribution in [0.3, 0.4) is 0 Å². The number of hydrogen-bond donors (Lipinski definition) is 0. The summed E-state index contributed by atoms with van der Waals surface area (Å²) in [7, 11) is 1.70. The Kier molecular flexibility index (Phi) is 5.24. The Morgan fingerprint density at radius 1 is 1.12 bits per heavy atom. The number of nitrogens with zero attached hydrogens (tertiary/aromatic N) is 2. The van der Waals surface area contributed by atoms with E-state index in [4.69, 9.17) is 4.74 Å². The molecule has 0 aliphatic rings. The Morgan fingerprint density at radius 3 is 2.67 bits per heavy atom. The molecule has 1 aromatic heterocycles. The molecule has 0 N–H and O–H groups in total. The zero-order valence-corrected chi connectivity index (χ0v) is 14.0. The van der Waals surface area contributed by atoms with E-state index in [2.05, 4.69) is 58.7 Å². The largest absolute Gasteiger partial charge is 0.380 e. The van der Waals surface area contributed by atoms with Gasteiger partial charge in [-0.3, -0.25) is 4.99 Å². The van der Waals surface area contributed by atoms with E-state index in [-0.39, 0.29) is 0 Å². The molecule has 3 nitrogen and oxygen atoms in total. The topological polar surface area (TPSA) is 26.5 Å². The summed E-state index contributed by atoms with van der Waals surface area (Å²) in [6.07, 6.45) is 4.10. The maximum atomic E-state index is 5.17. The van der Waals surface area contributed by atoms with Crippen LogP contribution in [0.5, 0.6) is 0 Å². The SMILES string of the molecule is C=C(COC)Cn1cc(C=NCc2ccccc2)c2ccccc21. The minimum Gasteiger partial charge on any atom is -0.380 e. The van der Waals surface area contributed by atoms with Crippen LogP contribution in [0.15, 0.2) is 77.9 Å². The van der Waals surface area contributed by atoms with Crippen molar-refractivity contribution in [3.05, 3.63) is 84.1 Å². The van der Waals surface area contributed by atoms with E-state index in [0.717, 1.165) is 17.7 Å². The van der Waals surface area contributed by atoms with Gasteiger partial charge in [0.1, 0.15) is 0 Å². The minimum atomic E-state index is 0.573. The van der Waals surface area contributed by atoms with Gasteiger partial charge in [-0.1, -0.05) is 55.1 Å². The van der Waals surface area contributed by atoms with Gasteiger partial charge in [-0.25, -0.2) is 0 Å². The first-order valence-electron chi connectivity index (χ1n) is 8.05. The van der Waals surface area contributed by atoms with Gasteiger partial charge in [0.25, 0.3) is 0 Å². The molecule has 0 atom stereocenters. The Balaban J connectivity index is 1.84. The van der Waals surface area contributed by atoms with Gasteiger partial charge >= 0.3 is 0 Å². The van der Waals surface area contributed by atoms with Crippen LogP contribution in [-0.2, 0) is 17.8 Å². The third-order valence-corrected chi connectivity index (χ3v) is 3.91. The van der Waals surface area contributed by atoms with Gasteiger partial charge < -0.3 is 9.30 Å². The van der Waals surface area contributed by atoms with Crippen LogP contribution in [0.4, 0.5) is 0 Å². The molecule has 0 saturated carbocycles. The van der Waals surface area contributed by atoms with Crippen molar-refractivity contribution in [2.45, 2.75) is 13.1 Å². The monoisotopic (exact) mass is 318 g/mol. The second-order valence-electron chi connectivity index (χ2n) is 5.87. The summed E-state index contributed by atoms with van der Waals surface area (Å²) < 4.78 is 7.38. The van der Waals surface area contributed by atoms with E-state index in [0.29, 0.717) is 13.2 Å². The molecule has 0 spiro atoms. The summed E-state index contributed by atoms with van der Waals surface area (Å²) in [5.41, 5.74) is 4.58. The summed E-state index contributed by atoms with van der Waals surface area (Å²) in [4.78, 5) is 4.61. The smallest absolute Gasteiger partial charge is 0.0687 e. The fraction of sp³-hybridized carbons (Fsp3) is 0.190. The van der Waals surface area contributed by atoms with E-state index in [1.165, 1.54) is 16.5 Å². The van der Waals surface area contributed by atoms with Crippen molar-refractivity contribution in [2.75, 3.05) is 13.7 Å². The number of benzene rings is 2. The van der Waals surface area contributed by atoms with Gasteiger partial charge in [0, 0.05) is 42.5 Å². The van der Waals surface area contributed by atoms with Crippen molar-refractivity contribution in [2.24, 2.45) is 4.99 Å². The number of hydrogen-bond acceptors (Lipinski definition) is 2. The molecule has 0 bridgehead atoms. The predicted molar refractivity (Wildman–Crippen MR) is 101 cm³/mol. The van der Waals surface area contributed by atoms with Gasteiger partial charge in [0.15, 0.2) is 0 Å². The van der Waals surface area contributed by atoms with Crippen molar-refractivity contribution >= 4 is 17.1 Å². The van der Waals surface area contributed by atoms with Crippen molar-refractivity contribution < 1.29 is 4.74 Å². The number of rotatable bonds is 7. The lowest BCUT2D eigenvalue weighted by Gasteiger charge is -2.07. The van der Waals surface area contributed by atoms with E-state index >= 15 is 0 Å². The highest BCUT2D eigenvalue weighted by Gasteiger charge is 2.07. The number of aromatic nitrogens is 1. The lowest BCUT2D eigenvalue weighted by molar-refractivity contribution is 0.222. The van der Waals surface area contributed by atoms with Gasteiger partial charge in [-0.15, -0.1) is 0 Å². The van der Waals surface area contributed by atoms with Gasteiger partial charge in [0.2, 0.25) is 0 Å². The van der Waals surface area contributed by atoms with E-state index in [1.807, 2.05) is 24.4 Å². The van der Waals surface area contributed by atoms with Crippen LogP contribution in [0.2, 0.25) is 0 Å². The Bertz CT molecular complexity index is 847. The highest BCUT2D eigenvalue weighted by Crippen LogP contribution is 2.21. The first kappa shape index (κ1) is 16.2. The Labute approximate surface area is 142 Å². The molecule has 0 radical (unpaired) electrons. The maximum Gasteiger partial charge on any atom is 0.0687 e. The van der Waals surface area contributed by atoms with Gasteiger partial charge in [-0.2, -0.15) is 0 Å². The molecule has 2 aromatic carbocycles.